The lowest BCUT2D eigenvalue weighted by molar-refractivity contribution is 0.145. The van der Waals surface area contributed by atoms with E-state index in [1.165, 1.54) is 0 Å². The molecule has 0 bridgehead atoms. The quantitative estimate of drug-likeness (QED) is 0.607. The molecule has 82 valence electrons. The summed E-state index contributed by atoms with van der Waals surface area (Å²) in [6.45, 7) is 1.54. The molecule has 0 radical (unpaired) electrons. The standard InChI is InChI=1S/C9H11Cl2N3O/c10-7-5-8(13-9(11)12-7)14-3-1-6(15)2-4-14/h5-6,15H,1-4H2. The second-order valence-corrected chi connectivity index (χ2v) is 4.26. The van der Waals surface area contributed by atoms with Gasteiger partial charge in [-0.1, -0.05) is 11.6 Å². The lowest BCUT2D eigenvalue weighted by atomic mass is 10.1. The first-order chi connectivity index (χ1) is 7.15. The number of hydrogen-bond donors (Lipinski definition) is 1. The molecule has 1 aliphatic rings. The van der Waals surface area contributed by atoms with Gasteiger partial charge >= 0.3 is 0 Å². The van der Waals surface area contributed by atoms with Crippen molar-refractivity contribution in [3.8, 4) is 0 Å². The minimum atomic E-state index is -0.200. The first kappa shape index (κ1) is 10.9. The van der Waals surface area contributed by atoms with Gasteiger partial charge in [0.15, 0.2) is 0 Å². The molecular formula is C9H11Cl2N3O. The van der Waals surface area contributed by atoms with Crippen molar-refractivity contribution >= 4 is 29.0 Å². The summed E-state index contributed by atoms with van der Waals surface area (Å²) in [6, 6.07) is 1.69. The van der Waals surface area contributed by atoms with E-state index in [0.717, 1.165) is 31.7 Å². The van der Waals surface area contributed by atoms with Crippen LogP contribution in [-0.2, 0) is 0 Å². The van der Waals surface area contributed by atoms with Gasteiger partial charge in [-0.3, -0.25) is 0 Å². The molecule has 0 aliphatic carbocycles. The Morgan fingerprint density at radius 1 is 1.27 bits per heavy atom. The lowest BCUT2D eigenvalue weighted by Gasteiger charge is -2.30. The molecule has 0 atom stereocenters. The van der Waals surface area contributed by atoms with E-state index in [2.05, 4.69) is 9.97 Å². The second kappa shape index (κ2) is 4.51. The maximum Gasteiger partial charge on any atom is 0.225 e. The number of nitrogens with zero attached hydrogens (tertiary/aromatic N) is 3. The van der Waals surface area contributed by atoms with Crippen molar-refractivity contribution < 1.29 is 5.11 Å². The third kappa shape index (κ3) is 2.71. The van der Waals surface area contributed by atoms with Crippen molar-refractivity contribution in [3.05, 3.63) is 16.5 Å². The SMILES string of the molecule is OC1CCN(c2cc(Cl)nc(Cl)n2)CC1. The zero-order valence-corrected chi connectivity index (χ0v) is 9.54. The number of piperidine rings is 1. The molecule has 1 fully saturated rings. The van der Waals surface area contributed by atoms with E-state index in [9.17, 15) is 5.11 Å². The summed E-state index contributed by atoms with van der Waals surface area (Å²) in [7, 11) is 0. The lowest BCUT2D eigenvalue weighted by Crippen LogP contribution is -2.36. The van der Waals surface area contributed by atoms with Crippen molar-refractivity contribution in [2.24, 2.45) is 0 Å². The van der Waals surface area contributed by atoms with Crippen LogP contribution in [0.4, 0.5) is 5.82 Å². The van der Waals surface area contributed by atoms with Crippen molar-refractivity contribution in [3.63, 3.8) is 0 Å². The van der Waals surface area contributed by atoms with Gasteiger partial charge in [-0.2, -0.15) is 0 Å². The molecule has 0 amide bonds. The number of anilines is 1. The Morgan fingerprint density at radius 2 is 1.93 bits per heavy atom. The van der Waals surface area contributed by atoms with Crippen LogP contribution in [0.3, 0.4) is 0 Å². The molecule has 15 heavy (non-hydrogen) atoms. The molecule has 2 heterocycles. The van der Waals surface area contributed by atoms with E-state index in [0.29, 0.717) is 5.15 Å². The molecule has 0 unspecified atom stereocenters. The Labute approximate surface area is 97.9 Å². The fraction of sp³-hybridized carbons (Fsp3) is 0.556. The molecule has 1 aromatic heterocycles. The Bertz CT molecular complexity index is 333. The number of aliphatic hydroxyl groups excluding tert-OH is 1. The fourth-order valence-electron chi connectivity index (χ4n) is 1.64. The maximum absolute atomic E-state index is 9.37. The summed E-state index contributed by atoms with van der Waals surface area (Å²) in [4.78, 5) is 9.93. The largest absolute Gasteiger partial charge is 0.393 e. The number of halogens is 2. The Morgan fingerprint density at radius 3 is 2.53 bits per heavy atom. The second-order valence-electron chi connectivity index (χ2n) is 3.54. The Balaban J connectivity index is 2.15. The molecule has 1 N–H and O–H groups in total. The van der Waals surface area contributed by atoms with E-state index in [1.807, 2.05) is 4.90 Å². The molecule has 1 aromatic rings. The minimum Gasteiger partial charge on any atom is -0.393 e. The summed E-state index contributed by atoms with van der Waals surface area (Å²) in [6.07, 6.45) is 1.30. The summed E-state index contributed by atoms with van der Waals surface area (Å²) in [5.74, 6) is 0.729. The molecule has 1 saturated heterocycles. The predicted octanol–water partition coefficient (Wildman–Crippen LogP) is 1.74. The number of hydrogen-bond acceptors (Lipinski definition) is 4. The van der Waals surface area contributed by atoms with Crippen LogP contribution >= 0.6 is 23.2 Å². The van der Waals surface area contributed by atoms with E-state index >= 15 is 0 Å². The van der Waals surface area contributed by atoms with Gasteiger partial charge in [0, 0.05) is 19.2 Å². The zero-order chi connectivity index (χ0) is 10.8. The fourth-order valence-corrected chi connectivity index (χ4v) is 2.03. The third-order valence-corrected chi connectivity index (χ3v) is 2.81. The highest BCUT2D eigenvalue weighted by Gasteiger charge is 2.18. The number of aromatic nitrogens is 2. The summed E-state index contributed by atoms with van der Waals surface area (Å²) < 4.78 is 0. The maximum atomic E-state index is 9.37. The van der Waals surface area contributed by atoms with Crippen LogP contribution in [0.1, 0.15) is 12.8 Å². The van der Waals surface area contributed by atoms with Crippen LogP contribution in [0.15, 0.2) is 6.07 Å². The third-order valence-electron chi connectivity index (χ3n) is 2.44. The highest BCUT2D eigenvalue weighted by molar-refractivity contribution is 6.32. The monoisotopic (exact) mass is 247 g/mol. The van der Waals surface area contributed by atoms with Crippen LogP contribution in [0, 0.1) is 0 Å². The molecule has 1 aliphatic heterocycles. The van der Waals surface area contributed by atoms with Crippen LogP contribution < -0.4 is 4.90 Å². The van der Waals surface area contributed by atoms with Gasteiger partial charge in [-0.15, -0.1) is 0 Å². The van der Waals surface area contributed by atoms with Crippen LogP contribution in [0.5, 0.6) is 0 Å². The van der Waals surface area contributed by atoms with Gasteiger partial charge in [0.05, 0.1) is 6.10 Å². The molecular weight excluding hydrogens is 237 g/mol. The number of aliphatic hydroxyl groups is 1. The molecule has 4 nitrogen and oxygen atoms in total. The molecule has 0 aromatic carbocycles. The highest BCUT2D eigenvalue weighted by Crippen LogP contribution is 2.21. The molecule has 6 heteroatoms. The predicted molar refractivity (Wildman–Crippen MR) is 59.5 cm³/mol. The molecule has 0 spiro atoms. The Kier molecular flexibility index (Phi) is 3.29. The van der Waals surface area contributed by atoms with Gasteiger partial charge in [0.2, 0.25) is 5.28 Å². The van der Waals surface area contributed by atoms with Crippen molar-refractivity contribution in [2.45, 2.75) is 18.9 Å². The zero-order valence-electron chi connectivity index (χ0n) is 8.03. The van der Waals surface area contributed by atoms with Gasteiger partial charge in [-0.05, 0) is 24.4 Å². The summed E-state index contributed by atoms with van der Waals surface area (Å²) in [5, 5.41) is 9.87. The van der Waals surface area contributed by atoms with Gasteiger partial charge < -0.3 is 10.0 Å². The van der Waals surface area contributed by atoms with Gasteiger partial charge in [0.25, 0.3) is 0 Å². The highest BCUT2D eigenvalue weighted by atomic mass is 35.5. The average Bonchev–Trinajstić information content (AvgIpc) is 2.17. The van der Waals surface area contributed by atoms with Crippen molar-refractivity contribution in [1.29, 1.82) is 0 Å². The van der Waals surface area contributed by atoms with E-state index in [-0.39, 0.29) is 11.4 Å². The first-order valence-corrected chi connectivity index (χ1v) is 5.54. The molecule has 0 saturated carbocycles. The number of rotatable bonds is 1. The summed E-state index contributed by atoms with van der Waals surface area (Å²) >= 11 is 11.5. The van der Waals surface area contributed by atoms with Crippen molar-refractivity contribution in [2.75, 3.05) is 18.0 Å². The van der Waals surface area contributed by atoms with E-state index in [4.69, 9.17) is 23.2 Å². The Hall–Kier alpha value is -0.580. The van der Waals surface area contributed by atoms with Crippen LogP contribution in [0.2, 0.25) is 10.4 Å². The van der Waals surface area contributed by atoms with Gasteiger partial charge in [0.1, 0.15) is 11.0 Å². The van der Waals surface area contributed by atoms with Crippen molar-refractivity contribution in [1.82, 2.24) is 9.97 Å². The normalized spacial score (nSPS) is 18.2. The molecule has 2 rings (SSSR count). The smallest absolute Gasteiger partial charge is 0.225 e. The van der Waals surface area contributed by atoms with Crippen LogP contribution in [-0.4, -0.2) is 34.3 Å². The average molecular weight is 248 g/mol. The topological polar surface area (TPSA) is 49.2 Å². The van der Waals surface area contributed by atoms with E-state index in [1.54, 1.807) is 6.07 Å². The van der Waals surface area contributed by atoms with E-state index < -0.39 is 0 Å². The summed E-state index contributed by atoms with van der Waals surface area (Å²) in [5.41, 5.74) is 0. The minimum absolute atomic E-state index is 0.156. The van der Waals surface area contributed by atoms with Gasteiger partial charge in [-0.25, -0.2) is 9.97 Å². The first-order valence-electron chi connectivity index (χ1n) is 4.78. The van der Waals surface area contributed by atoms with Crippen LogP contribution in [0.25, 0.3) is 0 Å².